The van der Waals surface area contributed by atoms with Crippen LogP contribution in [0.1, 0.15) is 27.2 Å². The number of hydrogen-bond donors (Lipinski definition) is 1. The highest BCUT2D eigenvalue weighted by Crippen LogP contribution is 2.20. The fourth-order valence-electron chi connectivity index (χ4n) is 2.35. The van der Waals surface area contributed by atoms with E-state index in [1.54, 1.807) is 12.3 Å². The first-order valence-electron chi connectivity index (χ1n) is 8.01. The Bertz CT molecular complexity index is 749. The molecule has 0 radical (unpaired) electrons. The van der Waals surface area contributed by atoms with Crippen LogP contribution >= 0.6 is 15.9 Å². The van der Waals surface area contributed by atoms with Crippen molar-refractivity contribution >= 4 is 32.9 Å². The van der Waals surface area contributed by atoms with E-state index in [1.807, 2.05) is 32.9 Å². The summed E-state index contributed by atoms with van der Waals surface area (Å²) in [7, 11) is 0. The van der Waals surface area contributed by atoms with Crippen molar-refractivity contribution in [2.24, 2.45) is 0 Å². The molecule has 1 aliphatic rings. The second kappa shape index (κ2) is 8.10. The van der Waals surface area contributed by atoms with Crippen molar-refractivity contribution < 1.29 is 19.0 Å². The highest BCUT2D eigenvalue weighted by Gasteiger charge is 2.28. The zero-order valence-electron chi connectivity index (χ0n) is 14.5. The predicted molar refractivity (Wildman–Crippen MR) is 97.8 cm³/mol. The van der Waals surface area contributed by atoms with Gasteiger partial charge in [0.1, 0.15) is 11.1 Å². The number of amides is 1. The van der Waals surface area contributed by atoms with Gasteiger partial charge in [0.2, 0.25) is 0 Å². The minimum Gasteiger partial charge on any atom is -0.444 e. The van der Waals surface area contributed by atoms with Crippen LogP contribution in [-0.4, -0.2) is 45.9 Å². The van der Waals surface area contributed by atoms with E-state index >= 15 is 0 Å². The van der Waals surface area contributed by atoms with E-state index < -0.39 is 5.60 Å². The van der Waals surface area contributed by atoms with Crippen LogP contribution in [0.4, 0.5) is 9.18 Å². The van der Waals surface area contributed by atoms with E-state index in [2.05, 4.69) is 20.9 Å². The van der Waals surface area contributed by atoms with E-state index in [0.717, 1.165) is 9.86 Å². The molecule has 0 aliphatic carbocycles. The topological polar surface area (TPSA) is 62.7 Å². The van der Waals surface area contributed by atoms with Crippen LogP contribution in [0.25, 0.3) is 10.9 Å². The Balaban J connectivity index is 0.000000181. The Morgan fingerprint density at radius 1 is 1.44 bits per heavy atom. The Morgan fingerprint density at radius 2 is 2.16 bits per heavy atom. The van der Waals surface area contributed by atoms with Gasteiger partial charge in [0.15, 0.2) is 5.82 Å². The van der Waals surface area contributed by atoms with Crippen LogP contribution in [0.5, 0.6) is 0 Å². The summed E-state index contributed by atoms with van der Waals surface area (Å²) in [6, 6.07) is 6.87. The largest absolute Gasteiger partial charge is 0.444 e. The highest BCUT2D eigenvalue weighted by molar-refractivity contribution is 9.10. The van der Waals surface area contributed by atoms with Crippen LogP contribution in [0.2, 0.25) is 0 Å². The maximum absolute atomic E-state index is 13.2. The van der Waals surface area contributed by atoms with Crippen LogP contribution in [0.3, 0.4) is 0 Å². The number of rotatable bonds is 0. The van der Waals surface area contributed by atoms with E-state index in [-0.39, 0.29) is 18.0 Å². The third-order valence-electron chi connectivity index (χ3n) is 3.44. The normalized spacial score (nSPS) is 17.2. The van der Waals surface area contributed by atoms with Gasteiger partial charge >= 0.3 is 6.09 Å². The second-order valence-electron chi connectivity index (χ2n) is 6.83. The van der Waals surface area contributed by atoms with Crippen molar-refractivity contribution in [1.82, 2.24) is 9.88 Å². The lowest BCUT2D eigenvalue weighted by Gasteiger charge is -2.24. The van der Waals surface area contributed by atoms with Gasteiger partial charge in [-0.25, -0.2) is 9.18 Å². The lowest BCUT2D eigenvalue weighted by atomic mass is 10.2. The molecule has 25 heavy (non-hydrogen) atoms. The zero-order valence-corrected chi connectivity index (χ0v) is 16.1. The molecule has 1 fully saturated rings. The molecular formula is C18H22BrFN2O3. The van der Waals surface area contributed by atoms with Crippen molar-refractivity contribution in [3.05, 3.63) is 40.8 Å². The SMILES string of the molecule is CC(C)(C)OC(=O)N1CCC(O)C1.Fc1cc(Br)cc2cccnc12. The summed E-state index contributed by atoms with van der Waals surface area (Å²) in [5.74, 6) is -0.292. The molecule has 1 aromatic heterocycles. The summed E-state index contributed by atoms with van der Waals surface area (Å²) in [5, 5.41) is 10.0. The molecule has 1 atom stereocenters. The summed E-state index contributed by atoms with van der Waals surface area (Å²) < 4.78 is 19.0. The predicted octanol–water partition coefficient (Wildman–Crippen LogP) is 4.12. The maximum Gasteiger partial charge on any atom is 0.410 e. The van der Waals surface area contributed by atoms with Gasteiger partial charge < -0.3 is 14.7 Å². The molecule has 1 aromatic carbocycles. The smallest absolute Gasteiger partial charge is 0.410 e. The molecule has 136 valence electrons. The second-order valence-corrected chi connectivity index (χ2v) is 7.75. The number of aliphatic hydroxyl groups is 1. The van der Waals surface area contributed by atoms with E-state index in [9.17, 15) is 14.3 Å². The lowest BCUT2D eigenvalue weighted by molar-refractivity contribution is 0.0270. The summed E-state index contributed by atoms with van der Waals surface area (Å²) in [6.07, 6.45) is 1.52. The molecule has 0 bridgehead atoms. The van der Waals surface area contributed by atoms with Crippen LogP contribution < -0.4 is 0 Å². The number of nitrogens with zero attached hydrogens (tertiary/aromatic N) is 2. The Labute approximate surface area is 154 Å². The highest BCUT2D eigenvalue weighted by atomic mass is 79.9. The standard InChI is InChI=1S/C9H5BrFN.C9H17NO3/c10-7-4-6-2-1-3-12-9(6)8(11)5-7;1-9(2,3)13-8(12)10-5-4-7(11)6-10/h1-5H;7,11H,4-6H2,1-3H3. The zero-order chi connectivity index (χ0) is 18.6. The number of carbonyl (C=O) groups excluding carboxylic acids is 1. The molecule has 1 saturated heterocycles. The molecule has 1 aliphatic heterocycles. The summed E-state index contributed by atoms with van der Waals surface area (Å²) in [5.41, 5.74) is -0.0364. The average molecular weight is 413 g/mol. The van der Waals surface area contributed by atoms with Crippen molar-refractivity contribution in [2.75, 3.05) is 13.1 Å². The van der Waals surface area contributed by atoms with E-state index in [1.165, 1.54) is 11.0 Å². The van der Waals surface area contributed by atoms with Gasteiger partial charge in [0.25, 0.3) is 0 Å². The van der Waals surface area contributed by atoms with Gasteiger partial charge in [-0.2, -0.15) is 0 Å². The number of pyridine rings is 1. The molecular weight excluding hydrogens is 391 g/mol. The van der Waals surface area contributed by atoms with Crippen LogP contribution in [0, 0.1) is 5.82 Å². The first-order chi connectivity index (χ1) is 11.7. The number of halogens is 2. The Kier molecular flexibility index (Phi) is 6.35. The molecule has 1 N–H and O–H groups in total. The summed E-state index contributed by atoms with van der Waals surface area (Å²) in [4.78, 5) is 16.9. The number of likely N-dealkylation sites (tertiary alicyclic amines) is 1. The van der Waals surface area contributed by atoms with Crippen LogP contribution in [-0.2, 0) is 4.74 Å². The minimum absolute atomic E-state index is 0.292. The summed E-state index contributed by atoms with van der Waals surface area (Å²) in [6.45, 7) is 6.48. The number of β-amino-alcohol motifs (C(OH)–C–C–N with tert-alkyl or cyclic N) is 1. The number of aromatic nitrogens is 1. The molecule has 1 unspecified atom stereocenters. The number of fused-ring (bicyclic) bond motifs is 1. The van der Waals surface area contributed by atoms with Crippen molar-refractivity contribution in [3.63, 3.8) is 0 Å². The van der Waals surface area contributed by atoms with Crippen molar-refractivity contribution in [1.29, 1.82) is 0 Å². The van der Waals surface area contributed by atoms with Crippen molar-refractivity contribution in [2.45, 2.75) is 38.9 Å². The Hall–Kier alpha value is -1.73. The molecule has 3 rings (SSSR count). The van der Waals surface area contributed by atoms with Gasteiger partial charge in [0, 0.05) is 29.1 Å². The third-order valence-corrected chi connectivity index (χ3v) is 3.90. The molecule has 5 nitrogen and oxygen atoms in total. The molecule has 7 heteroatoms. The van der Waals surface area contributed by atoms with E-state index in [4.69, 9.17) is 4.74 Å². The third kappa shape index (κ3) is 5.93. The quantitative estimate of drug-likeness (QED) is 0.706. The number of benzene rings is 1. The fourth-order valence-corrected chi connectivity index (χ4v) is 2.80. The molecule has 2 aromatic rings. The molecule has 1 amide bonds. The molecule has 0 saturated carbocycles. The van der Waals surface area contributed by atoms with Gasteiger partial charge in [-0.1, -0.05) is 22.0 Å². The number of hydrogen-bond acceptors (Lipinski definition) is 4. The fraction of sp³-hybridized carbons (Fsp3) is 0.444. The molecule has 2 heterocycles. The first kappa shape index (κ1) is 19.6. The number of carbonyl (C=O) groups is 1. The average Bonchev–Trinajstić information content (AvgIpc) is 2.93. The number of ether oxygens (including phenoxy) is 1. The van der Waals surface area contributed by atoms with Gasteiger partial charge in [0.05, 0.1) is 6.10 Å². The maximum atomic E-state index is 13.2. The van der Waals surface area contributed by atoms with Gasteiger partial charge in [-0.3, -0.25) is 4.98 Å². The van der Waals surface area contributed by atoms with Gasteiger partial charge in [-0.15, -0.1) is 0 Å². The van der Waals surface area contributed by atoms with Crippen molar-refractivity contribution in [3.8, 4) is 0 Å². The minimum atomic E-state index is -0.454. The monoisotopic (exact) mass is 412 g/mol. The summed E-state index contributed by atoms with van der Waals surface area (Å²) >= 11 is 3.22. The van der Waals surface area contributed by atoms with E-state index in [0.29, 0.717) is 25.0 Å². The first-order valence-corrected chi connectivity index (χ1v) is 8.81. The Morgan fingerprint density at radius 3 is 2.76 bits per heavy atom. The molecule has 0 spiro atoms. The lowest BCUT2D eigenvalue weighted by Crippen LogP contribution is -2.35. The van der Waals surface area contributed by atoms with Gasteiger partial charge in [-0.05, 0) is 45.4 Å². The van der Waals surface area contributed by atoms with Crippen LogP contribution in [0.15, 0.2) is 34.9 Å². The number of aliphatic hydroxyl groups excluding tert-OH is 1.